The largest absolute Gasteiger partial charge is 0.481 e. The normalized spacial score (nSPS) is 9.79. The van der Waals surface area contributed by atoms with Crippen LogP contribution in [0.1, 0.15) is 5.56 Å². The summed E-state index contributed by atoms with van der Waals surface area (Å²) in [5, 5.41) is 18.9. The lowest BCUT2D eigenvalue weighted by molar-refractivity contribution is -0.385. The Labute approximate surface area is 86.9 Å². The van der Waals surface area contributed by atoms with Crippen molar-refractivity contribution in [3.63, 3.8) is 0 Å². The Morgan fingerprint density at radius 2 is 2.36 bits per heavy atom. The highest BCUT2D eigenvalue weighted by molar-refractivity contribution is 9.10. The first-order chi connectivity index (χ1) is 6.50. The van der Waals surface area contributed by atoms with E-state index in [4.69, 9.17) is 5.11 Å². The molecular formula is C7H5BrN2O4. The minimum atomic E-state index is -1.06. The number of aromatic nitrogens is 1. The van der Waals surface area contributed by atoms with Gasteiger partial charge in [-0.15, -0.1) is 0 Å². The van der Waals surface area contributed by atoms with Gasteiger partial charge in [0.1, 0.15) is 10.8 Å². The van der Waals surface area contributed by atoms with Crippen molar-refractivity contribution in [3.8, 4) is 0 Å². The molecule has 0 radical (unpaired) electrons. The van der Waals surface area contributed by atoms with Crippen LogP contribution in [-0.2, 0) is 11.2 Å². The van der Waals surface area contributed by atoms with Crippen molar-refractivity contribution in [2.75, 3.05) is 0 Å². The Morgan fingerprint density at radius 3 is 2.86 bits per heavy atom. The van der Waals surface area contributed by atoms with Gasteiger partial charge in [-0.1, -0.05) is 0 Å². The molecule has 0 saturated heterocycles. The van der Waals surface area contributed by atoms with Gasteiger partial charge in [0.2, 0.25) is 0 Å². The van der Waals surface area contributed by atoms with E-state index >= 15 is 0 Å². The van der Waals surface area contributed by atoms with Crippen LogP contribution >= 0.6 is 15.9 Å². The lowest BCUT2D eigenvalue weighted by Gasteiger charge is -1.99. The van der Waals surface area contributed by atoms with Crippen molar-refractivity contribution in [2.45, 2.75) is 6.42 Å². The molecule has 1 N–H and O–H groups in total. The third kappa shape index (κ3) is 2.49. The number of rotatable bonds is 3. The van der Waals surface area contributed by atoms with E-state index in [0.717, 1.165) is 6.20 Å². The van der Waals surface area contributed by atoms with E-state index in [0.29, 0.717) is 4.60 Å². The van der Waals surface area contributed by atoms with Crippen LogP contribution in [0.4, 0.5) is 5.69 Å². The average molecular weight is 261 g/mol. The highest BCUT2D eigenvalue weighted by atomic mass is 79.9. The van der Waals surface area contributed by atoms with Gasteiger partial charge in [-0.05, 0) is 15.9 Å². The molecule has 7 heteroatoms. The SMILES string of the molecule is O=C(O)Cc1cc([N+](=O)[O-])cnc1Br. The summed E-state index contributed by atoms with van der Waals surface area (Å²) in [6, 6.07) is 1.19. The van der Waals surface area contributed by atoms with Crippen LogP contribution in [0.15, 0.2) is 16.9 Å². The van der Waals surface area contributed by atoms with Gasteiger partial charge in [0.05, 0.1) is 11.3 Å². The quantitative estimate of drug-likeness (QED) is 0.504. The minimum absolute atomic E-state index is 0.218. The summed E-state index contributed by atoms with van der Waals surface area (Å²) in [6.45, 7) is 0. The summed E-state index contributed by atoms with van der Waals surface area (Å²) in [7, 11) is 0. The molecular weight excluding hydrogens is 256 g/mol. The smallest absolute Gasteiger partial charge is 0.307 e. The maximum atomic E-state index is 10.4. The van der Waals surface area contributed by atoms with Gasteiger partial charge in [0.25, 0.3) is 5.69 Å². The zero-order valence-electron chi connectivity index (χ0n) is 6.81. The van der Waals surface area contributed by atoms with Crippen LogP contribution in [0.3, 0.4) is 0 Å². The van der Waals surface area contributed by atoms with Gasteiger partial charge in [-0.25, -0.2) is 4.98 Å². The first kappa shape index (κ1) is 10.6. The summed E-state index contributed by atoms with van der Waals surface area (Å²) < 4.78 is 0.311. The molecule has 1 aromatic rings. The Bertz CT molecular complexity index is 393. The molecule has 0 atom stereocenters. The Morgan fingerprint density at radius 1 is 1.71 bits per heavy atom. The summed E-state index contributed by atoms with van der Waals surface area (Å²) in [6.07, 6.45) is 0.769. The molecule has 0 amide bonds. The van der Waals surface area contributed by atoms with Gasteiger partial charge in [0, 0.05) is 11.6 Å². The average Bonchev–Trinajstić information content (AvgIpc) is 2.07. The minimum Gasteiger partial charge on any atom is -0.481 e. The number of aliphatic carboxylic acids is 1. The predicted octanol–water partition coefficient (Wildman–Crippen LogP) is 1.38. The van der Waals surface area contributed by atoms with Crippen molar-refractivity contribution in [3.05, 3.63) is 32.5 Å². The molecule has 6 nitrogen and oxygen atoms in total. The zero-order chi connectivity index (χ0) is 10.7. The van der Waals surface area contributed by atoms with E-state index in [1.807, 2.05) is 0 Å². The highest BCUT2D eigenvalue weighted by Crippen LogP contribution is 2.19. The summed E-state index contributed by atoms with van der Waals surface area (Å²) >= 11 is 3.01. The second-order valence-corrected chi connectivity index (χ2v) is 3.22. The fourth-order valence-corrected chi connectivity index (χ4v) is 1.22. The second-order valence-electron chi connectivity index (χ2n) is 2.47. The number of nitro groups is 1. The topological polar surface area (TPSA) is 93.3 Å². The van der Waals surface area contributed by atoms with Crippen LogP contribution in [-0.4, -0.2) is 21.0 Å². The first-order valence-electron chi connectivity index (χ1n) is 3.51. The molecule has 1 aromatic heterocycles. The van der Waals surface area contributed by atoms with Gasteiger partial charge in [0.15, 0.2) is 0 Å². The molecule has 0 saturated carbocycles. The van der Waals surface area contributed by atoms with E-state index in [9.17, 15) is 14.9 Å². The third-order valence-electron chi connectivity index (χ3n) is 1.45. The van der Waals surface area contributed by atoms with Crippen LogP contribution in [0.2, 0.25) is 0 Å². The number of halogens is 1. The fraction of sp³-hybridized carbons (Fsp3) is 0.143. The van der Waals surface area contributed by atoms with Crippen molar-refractivity contribution < 1.29 is 14.8 Å². The van der Waals surface area contributed by atoms with Crippen LogP contribution in [0.25, 0.3) is 0 Å². The molecule has 74 valence electrons. The number of carboxylic acid groups (broad SMARTS) is 1. The maximum absolute atomic E-state index is 10.4. The van der Waals surface area contributed by atoms with Gasteiger partial charge >= 0.3 is 5.97 Å². The molecule has 0 aliphatic heterocycles. The van der Waals surface area contributed by atoms with Crippen LogP contribution < -0.4 is 0 Å². The van der Waals surface area contributed by atoms with Gasteiger partial charge in [-0.3, -0.25) is 14.9 Å². The van der Waals surface area contributed by atoms with Crippen molar-refractivity contribution >= 4 is 27.6 Å². The second kappa shape index (κ2) is 4.14. The molecule has 1 rings (SSSR count). The van der Waals surface area contributed by atoms with E-state index in [2.05, 4.69) is 20.9 Å². The molecule has 0 spiro atoms. The predicted molar refractivity (Wildman–Crippen MR) is 49.9 cm³/mol. The number of hydrogen-bond acceptors (Lipinski definition) is 4. The summed E-state index contributed by atoms with van der Waals surface area (Å²) in [5.74, 6) is -1.06. The molecule has 0 fully saturated rings. The standard InChI is InChI=1S/C7H5BrN2O4/c8-7-4(2-6(11)12)1-5(3-9-7)10(13)14/h1,3H,2H2,(H,11,12). The number of carbonyl (C=O) groups is 1. The highest BCUT2D eigenvalue weighted by Gasteiger charge is 2.12. The van der Waals surface area contributed by atoms with Crippen LogP contribution in [0, 0.1) is 10.1 Å². The third-order valence-corrected chi connectivity index (χ3v) is 2.16. The van der Waals surface area contributed by atoms with E-state index in [1.165, 1.54) is 6.07 Å². The molecule has 0 aliphatic carbocycles. The fourth-order valence-electron chi connectivity index (χ4n) is 0.868. The van der Waals surface area contributed by atoms with Gasteiger partial charge < -0.3 is 5.11 Å². The lowest BCUT2D eigenvalue weighted by atomic mass is 10.2. The Kier molecular flexibility index (Phi) is 3.13. The number of nitrogens with zero attached hydrogens (tertiary/aromatic N) is 2. The molecule has 0 aliphatic rings. The van der Waals surface area contributed by atoms with Crippen molar-refractivity contribution in [1.82, 2.24) is 4.98 Å². The molecule has 1 heterocycles. The first-order valence-corrected chi connectivity index (χ1v) is 4.30. The Balaban J connectivity index is 3.08. The Hall–Kier alpha value is -1.50. The monoisotopic (exact) mass is 260 g/mol. The molecule has 14 heavy (non-hydrogen) atoms. The van der Waals surface area contributed by atoms with Gasteiger partial charge in [-0.2, -0.15) is 0 Å². The van der Waals surface area contributed by atoms with E-state index < -0.39 is 10.9 Å². The van der Waals surface area contributed by atoms with E-state index in [1.54, 1.807) is 0 Å². The summed E-state index contributed by atoms with van der Waals surface area (Å²) in [5.41, 5.74) is 0.0659. The molecule has 0 bridgehead atoms. The zero-order valence-corrected chi connectivity index (χ0v) is 8.39. The van der Waals surface area contributed by atoms with Crippen LogP contribution in [0.5, 0.6) is 0 Å². The van der Waals surface area contributed by atoms with Crippen molar-refractivity contribution in [1.29, 1.82) is 0 Å². The molecule has 0 unspecified atom stereocenters. The van der Waals surface area contributed by atoms with E-state index in [-0.39, 0.29) is 17.7 Å². The number of pyridine rings is 1. The number of hydrogen-bond donors (Lipinski definition) is 1. The maximum Gasteiger partial charge on any atom is 0.307 e. The lowest BCUT2D eigenvalue weighted by Crippen LogP contribution is -2.02. The summed E-state index contributed by atoms with van der Waals surface area (Å²) in [4.78, 5) is 23.8. The molecule has 0 aromatic carbocycles. The number of carboxylic acids is 1. The van der Waals surface area contributed by atoms with Crippen molar-refractivity contribution in [2.24, 2.45) is 0 Å².